The summed E-state index contributed by atoms with van der Waals surface area (Å²) in [6, 6.07) is 21.7. The summed E-state index contributed by atoms with van der Waals surface area (Å²) in [5.74, 6) is 0.189. The summed E-state index contributed by atoms with van der Waals surface area (Å²) in [6.45, 7) is 3.30. The van der Waals surface area contributed by atoms with E-state index in [9.17, 15) is 4.79 Å². The first kappa shape index (κ1) is 18.9. The third-order valence-corrected chi connectivity index (χ3v) is 5.92. The third kappa shape index (κ3) is 5.11. The molecule has 28 heavy (non-hydrogen) atoms. The number of rotatable bonds is 7. The maximum atomic E-state index is 12.9. The van der Waals surface area contributed by atoms with E-state index in [1.54, 1.807) is 6.08 Å². The Bertz CT molecular complexity index is 775. The van der Waals surface area contributed by atoms with E-state index < -0.39 is 0 Å². The van der Waals surface area contributed by atoms with Gasteiger partial charge in [0.05, 0.1) is 0 Å². The van der Waals surface area contributed by atoms with E-state index in [2.05, 4.69) is 40.1 Å². The molecule has 2 fully saturated rings. The smallest absolute Gasteiger partial charge is 0.247 e. The van der Waals surface area contributed by atoms with Gasteiger partial charge in [0.2, 0.25) is 5.91 Å². The molecule has 4 rings (SSSR count). The summed E-state index contributed by atoms with van der Waals surface area (Å²) in [6.07, 6.45) is 9.35. The van der Waals surface area contributed by atoms with Gasteiger partial charge in [0.1, 0.15) is 0 Å². The van der Waals surface area contributed by atoms with Gasteiger partial charge in [0.25, 0.3) is 0 Å². The van der Waals surface area contributed by atoms with Crippen LogP contribution >= 0.6 is 0 Å². The zero-order valence-corrected chi connectivity index (χ0v) is 16.5. The second-order valence-electron chi connectivity index (χ2n) is 8.03. The molecule has 3 nitrogen and oxygen atoms in total. The molecule has 2 aliphatic rings. The van der Waals surface area contributed by atoms with Crippen molar-refractivity contribution in [2.24, 2.45) is 0 Å². The van der Waals surface area contributed by atoms with Crippen LogP contribution in [0.3, 0.4) is 0 Å². The highest BCUT2D eigenvalue weighted by atomic mass is 16.2. The molecule has 1 aliphatic carbocycles. The molecule has 1 amide bonds. The number of hydrogen-bond acceptors (Lipinski definition) is 2. The number of benzene rings is 2. The highest BCUT2D eigenvalue weighted by Gasteiger charge is 2.37. The molecule has 146 valence electrons. The van der Waals surface area contributed by atoms with Crippen molar-refractivity contribution in [3.05, 3.63) is 77.9 Å². The van der Waals surface area contributed by atoms with Gasteiger partial charge in [-0.1, -0.05) is 60.7 Å². The van der Waals surface area contributed by atoms with Gasteiger partial charge < -0.3 is 9.80 Å². The Balaban J connectivity index is 1.30. The minimum Gasteiger partial charge on any atom is -0.333 e. The van der Waals surface area contributed by atoms with Gasteiger partial charge in [-0.25, -0.2) is 0 Å². The van der Waals surface area contributed by atoms with Crippen LogP contribution in [0.4, 0.5) is 0 Å². The van der Waals surface area contributed by atoms with Crippen molar-refractivity contribution in [3.63, 3.8) is 0 Å². The van der Waals surface area contributed by atoms with E-state index in [0.29, 0.717) is 12.1 Å². The molecule has 1 heterocycles. The quantitative estimate of drug-likeness (QED) is 0.671. The summed E-state index contributed by atoms with van der Waals surface area (Å²) in [4.78, 5) is 17.7. The van der Waals surface area contributed by atoms with Crippen LogP contribution in [0, 0.1) is 0 Å². The molecule has 1 aliphatic heterocycles. The van der Waals surface area contributed by atoms with E-state index in [1.165, 1.54) is 18.4 Å². The first-order valence-electron chi connectivity index (χ1n) is 10.6. The number of likely N-dealkylation sites (tertiary alicyclic amines) is 1. The Morgan fingerprint density at radius 1 is 0.893 bits per heavy atom. The first-order valence-corrected chi connectivity index (χ1v) is 10.6. The molecule has 3 heteroatoms. The van der Waals surface area contributed by atoms with Crippen LogP contribution in [0.15, 0.2) is 66.7 Å². The molecule has 0 N–H and O–H groups in total. The standard InChI is InChI=1S/C25H30N2O/c28-25(14-11-21-7-3-1-4-8-21)27(23-12-13-23)24-16-19-26(20-17-24)18-15-22-9-5-2-6-10-22/h1-11,14,23-24H,12-13,15-20H2. The topological polar surface area (TPSA) is 23.6 Å². The molecule has 0 aromatic heterocycles. The first-order chi connectivity index (χ1) is 13.8. The second kappa shape index (κ2) is 9.20. The number of nitrogens with zero attached hydrogens (tertiary/aromatic N) is 2. The highest BCUT2D eigenvalue weighted by Crippen LogP contribution is 2.32. The van der Waals surface area contributed by atoms with E-state index in [4.69, 9.17) is 0 Å². The molecule has 0 atom stereocenters. The molecule has 0 unspecified atom stereocenters. The lowest BCUT2D eigenvalue weighted by atomic mass is 10.0. The van der Waals surface area contributed by atoms with Crippen LogP contribution in [0.25, 0.3) is 6.08 Å². The van der Waals surface area contributed by atoms with Crippen molar-refractivity contribution < 1.29 is 4.79 Å². The van der Waals surface area contributed by atoms with Crippen LogP contribution < -0.4 is 0 Å². The van der Waals surface area contributed by atoms with Gasteiger partial charge in [-0.15, -0.1) is 0 Å². The summed E-state index contributed by atoms with van der Waals surface area (Å²) in [7, 11) is 0. The molecular weight excluding hydrogens is 344 g/mol. The van der Waals surface area contributed by atoms with E-state index in [0.717, 1.165) is 44.5 Å². The zero-order chi connectivity index (χ0) is 19.2. The largest absolute Gasteiger partial charge is 0.333 e. The molecule has 2 aromatic rings. The van der Waals surface area contributed by atoms with Crippen LogP contribution in [0.5, 0.6) is 0 Å². The zero-order valence-electron chi connectivity index (χ0n) is 16.5. The van der Waals surface area contributed by atoms with Gasteiger partial charge in [-0.3, -0.25) is 4.79 Å². The third-order valence-electron chi connectivity index (χ3n) is 5.92. The lowest BCUT2D eigenvalue weighted by Gasteiger charge is -2.38. The van der Waals surface area contributed by atoms with Crippen LogP contribution in [0.2, 0.25) is 0 Å². The van der Waals surface area contributed by atoms with Crippen molar-refractivity contribution in [1.29, 1.82) is 0 Å². The maximum absolute atomic E-state index is 12.9. The van der Waals surface area contributed by atoms with Crippen molar-refractivity contribution in [1.82, 2.24) is 9.80 Å². The average Bonchev–Trinajstić information content (AvgIpc) is 3.58. The van der Waals surface area contributed by atoms with Crippen molar-refractivity contribution in [2.45, 2.75) is 44.2 Å². The molecule has 0 bridgehead atoms. The molecule has 1 saturated carbocycles. The SMILES string of the molecule is O=C(C=Cc1ccccc1)N(C1CC1)C1CCN(CCc2ccccc2)CC1. The fourth-order valence-electron chi connectivity index (χ4n) is 4.18. The normalized spacial score (nSPS) is 18.4. The van der Waals surface area contributed by atoms with E-state index >= 15 is 0 Å². The Labute approximate surface area is 168 Å². The minimum absolute atomic E-state index is 0.189. The lowest BCUT2D eigenvalue weighted by Crippen LogP contribution is -2.48. The van der Waals surface area contributed by atoms with Gasteiger partial charge in [0.15, 0.2) is 0 Å². The summed E-state index contributed by atoms with van der Waals surface area (Å²) in [5.41, 5.74) is 2.49. The van der Waals surface area contributed by atoms with Crippen molar-refractivity contribution in [2.75, 3.05) is 19.6 Å². The van der Waals surface area contributed by atoms with E-state index in [-0.39, 0.29) is 5.91 Å². The number of amides is 1. The lowest BCUT2D eigenvalue weighted by molar-refractivity contribution is -0.129. The Hall–Kier alpha value is -2.39. The fraction of sp³-hybridized carbons (Fsp3) is 0.400. The average molecular weight is 375 g/mol. The van der Waals surface area contributed by atoms with Crippen molar-refractivity contribution in [3.8, 4) is 0 Å². The minimum atomic E-state index is 0.189. The number of piperidine rings is 1. The molecule has 0 radical (unpaired) electrons. The highest BCUT2D eigenvalue weighted by molar-refractivity contribution is 5.92. The van der Waals surface area contributed by atoms with Gasteiger partial charge >= 0.3 is 0 Å². The van der Waals surface area contributed by atoms with Gasteiger partial charge in [0, 0.05) is 37.8 Å². The number of carbonyl (C=O) groups is 1. The monoisotopic (exact) mass is 374 g/mol. The van der Waals surface area contributed by atoms with Crippen LogP contribution in [-0.4, -0.2) is 47.4 Å². The van der Waals surface area contributed by atoms with E-state index in [1.807, 2.05) is 36.4 Å². The summed E-state index contributed by atoms with van der Waals surface area (Å²) < 4.78 is 0. The predicted molar refractivity (Wildman–Crippen MR) is 115 cm³/mol. The number of hydrogen-bond donors (Lipinski definition) is 0. The number of carbonyl (C=O) groups excluding carboxylic acids is 1. The molecule has 1 saturated heterocycles. The fourth-order valence-corrected chi connectivity index (χ4v) is 4.18. The van der Waals surface area contributed by atoms with Gasteiger partial charge in [-0.2, -0.15) is 0 Å². The van der Waals surface area contributed by atoms with Crippen LogP contribution in [0.1, 0.15) is 36.8 Å². The summed E-state index contributed by atoms with van der Waals surface area (Å²) in [5, 5.41) is 0. The Morgan fingerprint density at radius 2 is 1.50 bits per heavy atom. The molecule has 0 spiro atoms. The van der Waals surface area contributed by atoms with Gasteiger partial charge in [-0.05, 0) is 49.3 Å². The molecular formula is C25H30N2O. The molecule has 2 aromatic carbocycles. The Morgan fingerprint density at radius 3 is 2.14 bits per heavy atom. The maximum Gasteiger partial charge on any atom is 0.247 e. The summed E-state index contributed by atoms with van der Waals surface area (Å²) >= 11 is 0. The van der Waals surface area contributed by atoms with Crippen LogP contribution in [-0.2, 0) is 11.2 Å². The van der Waals surface area contributed by atoms with Crippen molar-refractivity contribution >= 4 is 12.0 Å². The second-order valence-corrected chi connectivity index (χ2v) is 8.03. The predicted octanol–water partition coefficient (Wildman–Crippen LogP) is 4.40. The Kier molecular flexibility index (Phi) is 6.23.